The van der Waals surface area contributed by atoms with Crippen molar-refractivity contribution >= 4 is 11.7 Å². The second-order valence-corrected chi connectivity index (χ2v) is 9.45. The highest BCUT2D eigenvalue weighted by Gasteiger charge is 2.27. The van der Waals surface area contributed by atoms with Gasteiger partial charge >= 0.3 is 0 Å². The highest BCUT2D eigenvalue weighted by Crippen LogP contribution is 2.39. The molecule has 1 amide bonds. The number of pyridine rings is 2. The van der Waals surface area contributed by atoms with Crippen LogP contribution in [0.25, 0.3) is 0 Å². The zero-order chi connectivity index (χ0) is 25.1. The molecular weight excluding hydrogens is 459 g/mol. The summed E-state index contributed by atoms with van der Waals surface area (Å²) >= 11 is 0. The number of anilines is 1. The van der Waals surface area contributed by atoms with E-state index in [0.717, 1.165) is 43.3 Å². The molecule has 5 rings (SSSR count). The second kappa shape index (κ2) is 10.6. The Bertz CT molecular complexity index is 1220. The first kappa shape index (κ1) is 24.1. The number of piperazine rings is 1. The number of nitrogens with one attached hydrogen (secondary N) is 1. The van der Waals surface area contributed by atoms with Gasteiger partial charge in [0.25, 0.3) is 0 Å². The van der Waals surface area contributed by atoms with Crippen LogP contribution in [0.3, 0.4) is 0 Å². The van der Waals surface area contributed by atoms with Crippen molar-refractivity contribution in [2.75, 3.05) is 38.0 Å². The standard InChI is InChI=1S/C27H31FN6O2/c1-18-16-32-26-25(18)24(7-9-31-26)36-23-6-5-19(14-21(23)28)15-22(29)27(35)34-12-10-33(11-13-34)17-20-4-2-3-8-30-20/h2-9,14,18,22H,10-13,15-17,29H2,1H3,(H,31,32). The van der Waals surface area contributed by atoms with Gasteiger partial charge in [0.05, 0.1) is 11.7 Å². The van der Waals surface area contributed by atoms with E-state index in [1.807, 2.05) is 18.2 Å². The molecule has 0 saturated carbocycles. The van der Waals surface area contributed by atoms with Crippen LogP contribution < -0.4 is 15.8 Å². The molecule has 2 unspecified atom stereocenters. The quantitative estimate of drug-likeness (QED) is 0.525. The summed E-state index contributed by atoms with van der Waals surface area (Å²) in [6, 6.07) is 11.7. The summed E-state index contributed by atoms with van der Waals surface area (Å²) in [7, 11) is 0. The topological polar surface area (TPSA) is 96.6 Å². The van der Waals surface area contributed by atoms with Gasteiger partial charge in [-0.3, -0.25) is 14.7 Å². The molecule has 9 heteroatoms. The van der Waals surface area contributed by atoms with Crippen molar-refractivity contribution in [3.05, 3.63) is 77.5 Å². The van der Waals surface area contributed by atoms with Crippen molar-refractivity contribution in [2.45, 2.75) is 31.8 Å². The lowest BCUT2D eigenvalue weighted by Gasteiger charge is -2.35. The molecule has 1 fully saturated rings. The number of ether oxygens (including phenoxy) is 1. The predicted molar refractivity (Wildman–Crippen MR) is 135 cm³/mol. The number of nitrogens with two attached hydrogens (primary N) is 1. The minimum Gasteiger partial charge on any atom is -0.454 e. The van der Waals surface area contributed by atoms with Crippen molar-refractivity contribution in [3.8, 4) is 11.5 Å². The van der Waals surface area contributed by atoms with E-state index in [9.17, 15) is 9.18 Å². The molecule has 2 aliphatic heterocycles. The Kier molecular flexibility index (Phi) is 7.11. The minimum absolute atomic E-state index is 0.109. The molecule has 2 aliphatic rings. The summed E-state index contributed by atoms with van der Waals surface area (Å²) in [5.74, 6) is 1.14. The zero-order valence-corrected chi connectivity index (χ0v) is 20.4. The molecule has 2 atom stereocenters. The van der Waals surface area contributed by atoms with Crippen LogP contribution in [0, 0.1) is 5.82 Å². The van der Waals surface area contributed by atoms with Crippen molar-refractivity contribution in [1.82, 2.24) is 19.8 Å². The lowest BCUT2D eigenvalue weighted by molar-refractivity contribution is -0.134. The number of carbonyl (C=O) groups is 1. The SMILES string of the molecule is CC1CNc2nccc(Oc3ccc(CC(N)C(=O)N4CCN(Cc5ccccn5)CC4)cc3F)c21. The first-order chi connectivity index (χ1) is 17.5. The number of rotatable bonds is 7. The van der Waals surface area contributed by atoms with Gasteiger partial charge in [-0.25, -0.2) is 9.37 Å². The van der Waals surface area contributed by atoms with Crippen LogP contribution in [-0.2, 0) is 17.8 Å². The Hall–Kier alpha value is -3.56. The first-order valence-electron chi connectivity index (χ1n) is 12.3. The summed E-state index contributed by atoms with van der Waals surface area (Å²) < 4.78 is 20.8. The number of benzene rings is 1. The molecule has 3 N–H and O–H groups in total. The third-order valence-corrected chi connectivity index (χ3v) is 6.80. The molecule has 36 heavy (non-hydrogen) atoms. The summed E-state index contributed by atoms with van der Waals surface area (Å²) in [6.45, 7) is 6.38. The van der Waals surface area contributed by atoms with E-state index in [-0.39, 0.29) is 24.0 Å². The first-order valence-corrected chi connectivity index (χ1v) is 12.3. The average molecular weight is 491 g/mol. The van der Waals surface area contributed by atoms with Gasteiger partial charge in [0.2, 0.25) is 5.91 Å². The summed E-state index contributed by atoms with van der Waals surface area (Å²) in [5.41, 5.74) is 8.87. The number of hydrogen-bond donors (Lipinski definition) is 2. The molecule has 0 bridgehead atoms. The van der Waals surface area contributed by atoms with E-state index in [4.69, 9.17) is 10.5 Å². The predicted octanol–water partition coefficient (Wildman–Crippen LogP) is 3.15. The van der Waals surface area contributed by atoms with Crippen molar-refractivity contribution in [3.63, 3.8) is 0 Å². The Morgan fingerprint density at radius 3 is 2.72 bits per heavy atom. The fourth-order valence-electron chi connectivity index (χ4n) is 4.81. The Morgan fingerprint density at radius 1 is 1.14 bits per heavy atom. The highest BCUT2D eigenvalue weighted by molar-refractivity contribution is 5.82. The van der Waals surface area contributed by atoms with Crippen molar-refractivity contribution in [2.24, 2.45) is 5.73 Å². The van der Waals surface area contributed by atoms with Crippen LogP contribution in [-0.4, -0.2) is 64.4 Å². The number of aromatic nitrogens is 2. The Balaban J connectivity index is 1.16. The van der Waals surface area contributed by atoms with E-state index in [0.29, 0.717) is 24.4 Å². The monoisotopic (exact) mass is 490 g/mol. The third-order valence-electron chi connectivity index (χ3n) is 6.80. The molecule has 188 valence electrons. The van der Waals surface area contributed by atoms with E-state index >= 15 is 0 Å². The van der Waals surface area contributed by atoms with Gasteiger partial charge in [-0.05, 0) is 42.3 Å². The number of carbonyl (C=O) groups excluding carboxylic acids is 1. The Morgan fingerprint density at radius 2 is 1.97 bits per heavy atom. The van der Waals surface area contributed by atoms with Crippen LogP contribution in [0.5, 0.6) is 11.5 Å². The number of hydrogen-bond acceptors (Lipinski definition) is 7. The Labute approximate surface area is 210 Å². The maximum absolute atomic E-state index is 14.9. The molecule has 8 nitrogen and oxygen atoms in total. The van der Waals surface area contributed by atoms with Gasteiger partial charge in [-0.1, -0.05) is 19.1 Å². The average Bonchev–Trinajstić information content (AvgIpc) is 3.28. The van der Waals surface area contributed by atoms with Crippen LogP contribution in [0.2, 0.25) is 0 Å². The summed E-state index contributed by atoms with van der Waals surface area (Å²) in [4.78, 5) is 25.7. The molecular formula is C27H31FN6O2. The lowest BCUT2D eigenvalue weighted by atomic mass is 10.0. The van der Waals surface area contributed by atoms with Gasteiger partial charge < -0.3 is 20.7 Å². The summed E-state index contributed by atoms with van der Waals surface area (Å²) in [5, 5.41) is 3.23. The number of nitrogens with zero attached hydrogens (tertiary/aromatic N) is 4. The number of halogens is 1. The normalized spacial score (nSPS) is 18.4. The number of amides is 1. The van der Waals surface area contributed by atoms with Gasteiger partial charge in [0.15, 0.2) is 11.6 Å². The third kappa shape index (κ3) is 5.32. The van der Waals surface area contributed by atoms with Crippen LogP contribution in [0.1, 0.15) is 29.7 Å². The van der Waals surface area contributed by atoms with E-state index in [1.165, 1.54) is 6.07 Å². The molecule has 1 saturated heterocycles. The van der Waals surface area contributed by atoms with Crippen molar-refractivity contribution < 1.29 is 13.9 Å². The van der Waals surface area contributed by atoms with E-state index in [1.54, 1.807) is 35.5 Å². The fourth-order valence-corrected chi connectivity index (χ4v) is 4.81. The van der Waals surface area contributed by atoms with Crippen LogP contribution in [0.4, 0.5) is 10.2 Å². The number of fused-ring (bicyclic) bond motifs is 1. The van der Waals surface area contributed by atoms with Crippen LogP contribution >= 0.6 is 0 Å². The molecule has 0 radical (unpaired) electrons. The smallest absolute Gasteiger partial charge is 0.239 e. The zero-order valence-electron chi connectivity index (χ0n) is 20.4. The minimum atomic E-state index is -0.728. The van der Waals surface area contributed by atoms with Crippen LogP contribution in [0.15, 0.2) is 54.9 Å². The molecule has 3 aromatic rings. The highest BCUT2D eigenvalue weighted by atomic mass is 19.1. The molecule has 1 aromatic carbocycles. The maximum Gasteiger partial charge on any atom is 0.239 e. The molecule has 2 aromatic heterocycles. The maximum atomic E-state index is 14.9. The summed E-state index contributed by atoms with van der Waals surface area (Å²) in [6.07, 6.45) is 3.70. The fraction of sp³-hybridized carbons (Fsp3) is 0.370. The van der Waals surface area contributed by atoms with Gasteiger partial charge in [-0.15, -0.1) is 0 Å². The van der Waals surface area contributed by atoms with Gasteiger partial charge in [-0.2, -0.15) is 0 Å². The largest absolute Gasteiger partial charge is 0.454 e. The molecule has 0 spiro atoms. The second-order valence-electron chi connectivity index (χ2n) is 9.45. The molecule has 0 aliphatic carbocycles. The molecule has 4 heterocycles. The van der Waals surface area contributed by atoms with Gasteiger partial charge in [0, 0.05) is 63.1 Å². The van der Waals surface area contributed by atoms with Crippen molar-refractivity contribution in [1.29, 1.82) is 0 Å². The lowest BCUT2D eigenvalue weighted by Crippen LogP contribution is -2.53. The van der Waals surface area contributed by atoms with E-state index < -0.39 is 11.9 Å². The van der Waals surface area contributed by atoms with E-state index in [2.05, 4.69) is 27.1 Å². The van der Waals surface area contributed by atoms with Gasteiger partial charge in [0.1, 0.15) is 11.6 Å².